The number of imidazole rings is 1. The number of hydrogen-bond acceptors (Lipinski definition) is 3. The lowest BCUT2D eigenvalue weighted by Crippen LogP contribution is -2.29. The summed E-state index contributed by atoms with van der Waals surface area (Å²) >= 11 is 0. The Morgan fingerprint density at radius 1 is 1.07 bits per heavy atom. The number of aryl methyl sites for hydroxylation is 1. The number of aromatic nitrogens is 3. The molecule has 0 aliphatic heterocycles. The van der Waals surface area contributed by atoms with Crippen molar-refractivity contribution in [2.45, 2.75) is 20.4 Å². The number of hydrogen-bond donors (Lipinski definition) is 1. The van der Waals surface area contributed by atoms with Crippen molar-refractivity contribution in [1.82, 2.24) is 14.1 Å². The molecule has 0 aliphatic carbocycles. The molecular weight excluding hydrogens is 371 g/mol. The molecule has 0 saturated carbocycles. The van der Waals surface area contributed by atoms with Crippen molar-refractivity contribution in [3.05, 3.63) is 88.2 Å². The van der Waals surface area contributed by atoms with E-state index in [0.29, 0.717) is 22.5 Å². The summed E-state index contributed by atoms with van der Waals surface area (Å²) in [5, 5.41) is 2.87. The second-order valence-corrected chi connectivity index (χ2v) is 6.82. The van der Waals surface area contributed by atoms with Gasteiger partial charge in [0.2, 0.25) is 5.91 Å². The second-order valence-electron chi connectivity index (χ2n) is 6.82. The van der Waals surface area contributed by atoms with E-state index in [1.807, 2.05) is 32.0 Å². The molecule has 6 nitrogen and oxygen atoms in total. The quantitative estimate of drug-likeness (QED) is 0.579. The highest BCUT2D eigenvalue weighted by Crippen LogP contribution is 2.19. The van der Waals surface area contributed by atoms with Crippen molar-refractivity contribution in [2.24, 2.45) is 0 Å². The molecule has 2 aromatic carbocycles. The summed E-state index contributed by atoms with van der Waals surface area (Å²) in [6.07, 6.45) is 1.57. The number of rotatable bonds is 4. The minimum atomic E-state index is -0.415. The smallest absolute Gasteiger partial charge is 0.324 e. The average molecular weight is 390 g/mol. The summed E-state index contributed by atoms with van der Waals surface area (Å²) in [6, 6.07) is 14.7. The molecule has 4 rings (SSSR count). The van der Waals surface area contributed by atoms with Crippen LogP contribution in [0.5, 0.6) is 0 Å². The Morgan fingerprint density at radius 3 is 2.59 bits per heavy atom. The van der Waals surface area contributed by atoms with Crippen LogP contribution in [0.3, 0.4) is 0 Å². The lowest BCUT2D eigenvalue weighted by Gasteiger charge is -2.10. The molecular formula is C22H19FN4O2. The summed E-state index contributed by atoms with van der Waals surface area (Å²) in [5.74, 6) is -0.714. The highest BCUT2D eigenvalue weighted by atomic mass is 19.1. The fourth-order valence-corrected chi connectivity index (χ4v) is 3.28. The van der Waals surface area contributed by atoms with Crippen molar-refractivity contribution < 1.29 is 9.18 Å². The number of anilines is 1. The van der Waals surface area contributed by atoms with Crippen LogP contribution in [0.4, 0.5) is 10.1 Å². The number of halogens is 1. The van der Waals surface area contributed by atoms with E-state index in [-0.39, 0.29) is 12.5 Å². The van der Waals surface area contributed by atoms with E-state index in [0.717, 1.165) is 11.1 Å². The third-order valence-electron chi connectivity index (χ3n) is 4.96. The van der Waals surface area contributed by atoms with Gasteiger partial charge in [0.05, 0.1) is 11.2 Å². The van der Waals surface area contributed by atoms with Crippen LogP contribution in [0.2, 0.25) is 0 Å². The lowest BCUT2D eigenvalue weighted by molar-refractivity contribution is -0.116. The van der Waals surface area contributed by atoms with Crippen molar-refractivity contribution >= 4 is 22.8 Å². The highest BCUT2D eigenvalue weighted by Gasteiger charge is 2.18. The first kappa shape index (κ1) is 18.6. The average Bonchev–Trinajstić information content (AvgIpc) is 2.98. The van der Waals surface area contributed by atoms with Crippen molar-refractivity contribution in [1.29, 1.82) is 0 Å². The monoisotopic (exact) mass is 390 g/mol. The van der Waals surface area contributed by atoms with Gasteiger partial charge < -0.3 is 5.32 Å². The van der Waals surface area contributed by atoms with E-state index in [2.05, 4.69) is 10.3 Å². The molecule has 0 spiro atoms. The molecule has 2 heterocycles. The van der Waals surface area contributed by atoms with Crippen LogP contribution < -0.4 is 11.0 Å². The maximum absolute atomic E-state index is 13.3. The van der Waals surface area contributed by atoms with Crippen LogP contribution in [0.25, 0.3) is 16.9 Å². The number of nitrogens with one attached hydrogen (secondary N) is 1. The van der Waals surface area contributed by atoms with E-state index in [4.69, 9.17) is 0 Å². The van der Waals surface area contributed by atoms with E-state index >= 15 is 0 Å². The van der Waals surface area contributed by atoms with Gasteiger partial charge in [-0.15, -0.1) is 0 Å². The Morgan fingerprint density at radius 2 is 1.83 bits per heavy atom. The molecule has 29 heavy (non-hydrogen) atoms. The first-order valence-electron chi connectivity index (χ1n) is 9.14. The fraction of sp³-hybridized carbons (Fsp3) is 0.136. The fourth-order valence-electron chi connectivity index (χ4n) is 3.28. The minimum absolute atomic E-state index is 0.164. The van der Waals surface area contributed by atoms with Crippen LogP contribution >= 0.6 is 0 Å². The Balaban J connectivity index is 1.74. The maximum atomic E-state index is 13.3. The third-order valence-corrected chi connectivity index (χ3v) is 4.96. The molecule has 0 bridgehead atoms. The van der Waals surface area contributed by atoms with Crippen LogP contribution in [-0.4, -0.2) is 20.0 Å². The molecule has 0 fully saturated rings. The number of nitrogens with zero attached hydrogens (tertiary/aromatic N) is 3. The van der Waals surface area contributed by atoms with E-state index in [1.165, 1.54) is 33.4 Å². The molecule has 7 heteroatoms. The summed E-state index contributed by atoms with van der Waals surface area (Å²) in [6.45, 7) is 3.74. The second kappa shape index (κ2) is 7.35. The Bertz CT molecular complexity index is 1270. The normalized spacial score (nSPS) is 11.0. The SMILES string of the molecule is Cc1cccc(NC(=O)Cn2c(=O)n(-c3ccc(F)cc3)c3ncccc32)c1C. The van der Waals surface area contributed by atoms with Crippen LogP contribution in [0.15, 0.2) is 65.6 Å². The van der Waals surface area contributed by atoms with Gasteiger partial charge in [-0.3, -0.25) is 9.36 Å². The van der Waals surface area contributed by atoms with Gasteiger partial charge in [-0.2, -0.15) is 0 Å². The standard InChI is InChI=1S/C22H19FN4O2/c1-14-5-3-6-18(15(14)2)25-20(28)13-26-19-7-4-12-24-21(19)27(22(26)29)17-10-8-16(23)9-11-17/h3-12H,13H2,1-2H3,(H,25,28). The maximum Gasteiger partial charge on any atom is 0.335 e. The molecule has 0 aliphatic rings. The molecule has 1 amide bonds. The molecule has 4 aromatic rings. The van der Waals surface area contributed by atoms with Gasteiger partial charge in [-0.25, -0.2) is 18.7 Å². The zero-order valence-corrected chi connectivity index (χ0v) is 16.0. The minimum Gasteiger partial charge on any atom is -0.324 e. The van der Waals surface area contributed by atoms with E-state index < -0.39 is 11.5 Å². The number of fused-ring (bicyclic) bond motifs is 1. The zero-order valence-electron chi connectivity index (χ0n) is 16.0. The summed E-state index contributed by atoms with van der Waals surface area (Å²) in [5.41, 5.74) is 3.75. The number of amides is 1. The van der Waals surface area contributed by atoms with Gasteiger partial charge in [0.25, 0.3) is 0 Å². The predicted molar refractivity (Wildman–Crippen MR) is 110 cm³/mol. The zero-order chi connectivity index (χ0) is 20.5. The van der Waals surface area contributed by atoms with Gasteiger partial charge in [0.15, 0.2) is 5.65 Å². The molecule has 0 unspecified atom stereocenters. The van der Waals surface area contributed by atoms with Gasteiger partial charge in [-0.05, 0) is 67.4 Å². The summed E-state index contributed by atoms with van der Waals surface area (Å²) in [4.78, 5) is 30.1. The van der Waals surface area contributed by atoms with Crippen molar-refractivity contribution in [3.8, 4) is 5.69 Å². The Hall–Kier alpha value is -3.74. The largest absolute Gasteiger partial charge is 0.335 e. The Kier molecular flexibility index (Phi) is 4.72. The number of carbonyl (C=O) groups excluding carboxylic acids is 1. The first-order valence-corrected chi connectivity index (χ1v) is 9.14. The van der Waals surface area contributed by atoms with Crippen molar-refractivity contribution in [2.75, 3.05) is 5.32 Å². The summed E-state index contributed by atoms with van der Waals surface area (Å²) in [7, 11) is 0. The van der Waals surface area contributed by atoms with Gasteiger partial charge >= 0.3 is 5.69 Å². The predicted octanol–water partition coefficient (Wildman–Crippen LogP) is 3.58. The van der Waals surface area contributed by atoms with Gasteiger partial charge in [-0.1, -0.05) is 12.1 Å². The number of pyridine rings is 1. The van der Waals surface area contributed by atoms with Gasteiger partial charge in [0, 0.05) is 11.9 Å². The lowest BCUT2D eigenvalue weighted by atomic mass is 10.1. The van der Waals surface area contributed by atoms with Crippen LogP contribution in [0.1, 0.15) is 11.1 Å². The van der Waals surface area contributed by atoms with Crippen LogP contribution in [0, 0.1) is 19.7 Å². The summed E-state index contributed by atoms with van der Waals surface area (Å²) < 4.78 is 16.0. The molecule has 0 radical (unpaired) electrons. The van der Waals surface area contributed by atoms with Gasteiger partial charge in [0.1, 0.15) is 12.4 Å². The Labute approximate surface area is 166 Å². The van der Waals surface area contributed by atoms with Crippen molar-refractivity contribution in [3.63, 3.8) is 0 Å². The molecule has 1 N–H and O–H groups in total. The number of carbonyl (C=O) groups is 1. The highest BCUT2D eigenvalue weighted by molar-refractivity contribution is 5.92. The first-order chi connectivity index (χ1) is 14.0. The molecule has 0 atom stereocenters. The third kappa shape index (κ3) is 3.42. The number of benzene rings is 2. The topological polar surface area (TPSA) is 68.9 Å². The van der Waals surface area contributed by atoms with Crippen LogP contribution in [-0.2, 0) is 11.3 Å². The molecule has 2 aromatic heterocycles. The van der Waals surface area contributed by atoms with E-state index in [1.54, 1.807) is 18.3 Å². The molecule has 0 saturated heterocycles. The molecule has 146 valence electrons. The van der Waals surface area contributed by atoms with E-state index in [9.17, 15) is 14.0 Å².